The Morgan fingerprint density at radius 1 is 1.10 bits per heavy atom. The Labute approximate surface area is 136 Å². The average Bonchev–Trinajstić information content (AvgIpc) is 2.47. The molecular weight excluding hydrogens is 303 g/mol. The van der Waals surface area contributed by atoms with E-state index >= 15 is 0 Å². The summed E-state index contributed by atoms with van der Waals surface area (Å²) < 4.78 is 0. The van der Waals surface area contributed by atoms with Crippen LogP contribution in [-0.2, 0) is 12.8 Å². The zero-order chi connectivity index (χ0) is 15.2. The van der Waals surface area contributed by atoms with Crippen molar-refractivity contribution in [1.82, 2.24) is 5.43 Å². The number of aryl methyl sites for hydroxylation is 2. The van der Waals surface area contributed by atoms with Crippen molar-refractivity contribution >= 4 is 23.2 Å². The van der Waals surface area contributed by atoms with E-state index in [1.54, 1.807) is 6.07 Å². The molecule has 21 heavy (non-hydrogen) atoms. The van der Waals surface area contributed by atoms with Crippen molar-refractivity contribution in [3.63, 3.8) is 0 Å². The highest BCUT2D eigenvalue weighted by atomic mass is 35.5. The summed E-state index contributed by atoms with van der Waals surface area (Å²) in [7, 11) is 0. The molecule has 0 heterocycles. The first-order chi connectivity index (χ1) is 10.1. The second-order valence-corrected chi connectivity index (χ2v) is 6.17. The Hall–Kier alpha value is -1.06. The van der Waals surface area contributed by atoms with Gasteiger partial charge in [-0.3, -0.25) is 11.3 Å². The van der Waals surface area contributed by atoms with Crippen LogP contribution in [0.2, 0.25) is 10.0 Å². The Kier molecular flexibility index (Phi) is 6.07. The molecule has 0 aliphatic rings. The van der Waals surface area contributed by atoms with Crippen LogP contribution >= 0.6 is 23.2 Å². The molecule has 3 N–H and O–H groups in total. The van der Waals surface area contributed by atoms with E-state index in [0.717, 1.165) is 24.8 Å². The quantitative estimate of drug-likeness (QED) is 0.614. The fourth-order valence-electron chi connectivity index (χ4n) is 2.29. The van der Waals surface area contributed by atoms with Gasteiger partial charge >= 0.3 is 0 Å². The molecule has 0 amide bonds. The highest BCUT2D eigenvalue weighted by Crippen LogP contribution is 2.22. The number of hydrogen-bond acceptors (Lipinski definition) is 2. The zero-order valence-electron chi connectivity index (χ0n) is 12.1. The highest BCUT2D eigenvalue weighted by Gasteiger charge is 2.11. The predicted molar refractivity (Wildman–Crippen MR) is 90.8 cm³/mol. The number of rotatable bonds is 6. The third-order valence-electron chi connectivity index (χ3n) is 3.62. The lowest BCUT2D eigenvalue weighted by Gasteiger charge is -2.17. The number of hydrogen-bond donors (Lipinski definition) is 2. The Balaban J connectivity index is 1.95. The SMILES string of the molecule is Cc1ccc(CCC(Cc2ccc(Cl)cc2Cl)NN)cc1. The van der Waals surface area contributed by atoms with Crippen LogP contribution in [0.4, 0.5) is 0 Å². The van der Waals surface area contributed by atoms with E-state index in [1.165, 1.54) is 11.1 Å². The van der Waals surface area contributed by atoms with E-state index in [-0.39, 0.29) is 6.04 Å². The number of benzene rings is 2. The van der Waals surface area contributed by atoms with Crippen LogP contribution in [0.1, 0.15) is 23.1 Å². The van der Waals surface area contributed by atoms with E-state index < -0.39 is 0 Å². The molecule has 1 unspecified atom stereocenters. The standard InChI is InChI=1S/C17H20Cl2N2/c1-12-2-4-13(5-3-12)6-9-16(21-20)10-14-7-8-15(18)11-17(14)19/h2-5,7-8,11,16,21H,6,9-10,20H2,1H3. The van der Waals surface area contributed by atoms with Gasteiger partial charge in [-0.1, -0.05) is 59.1 Å². The summed E-state index contributed by atoms with van der Waals surface area (Å²) in [5.41, 5.74) is 6.55. The number of hydrazine groups is 1. The van der Waals surface area contributed by atoms with Crippen molar-refractivity contribution < 1.29 is 0 Å². The zero-order valence-corrected chi connectivity index (χ0v) is 13.6. The Bertz CT molecular complexity index is 582. The Morgan fingerprint density at radius 2 is 1.81 bits per heavy atom. The maximum absolute atomic E-state index is 6.21. The fraction of sp³-hybridized carbons (Fsp3) is 0.294. The van der Waals surface area contributed by atoms with Crippen molar-refractivity contribution in [3.05, 3.63) is 69.2 Å². The van der Waals surface area contributed by atoms with Gasteiger partial charge in [0.25, 0.3) is 0 Å². The molecule has 0 saturated carbocycles. The molecule has 2 nitrogen and oxygen atoms in total. The second-order valence-electron chi connectivity index (χ2n) is 5.33. The van der Waals surface area contributed by atoms with E-state index in [4.69, 9.17) is 29.0 Å². The van der Waals surface area contributed by atoms with Crippen molar-refractivity contribution in [2.75, 3.05) is 0 Å². The molecule has 0 saturated heterocycles. The van der Waals surface area contributed by atoms with Gasteiger partial charge in [0.15, 0.2) is 0 Å². The summed E-state index contributed by atoms with van der Waals surface area (Å²) in [5, 5.41) is 1.35. The first kappa shape index (κ1) is 16.3. The molecule has 2 aromatic carbocycles. The summed E-state index contributed by atoms with van der Waals surface area (Å²) in [6.45, 7) is 2.09. The second kappa shape index (κ2) is 7.81. The summed E-state index contributed by atoms with van der Waals surface area (Å²) in [6.07, 6.45) is 2.73. The normalized spacial score (nSPS) is 12.4. The lowest BCUT2D eigenvalue weighted by molar-refractivity contribution is 0.491. The van der Waals surface area contributed by atoms with Gasteiger partial charge < -0.3 is 0 Å². The van der Waals surface area contributed by atoms with E-state index in [9.17, 15) is 0 Å². The molecular formula is C17H20Cl2N2. The van der Waals surface area contributed by atoms with Crippen LogP contribution in [0.3, 0.4) is 0 Å². The predicted octanol–water partition coefficient (Wildman–Crippen LogP) is 4.31. The molecule has 2 rings (SSSR count). The molecule has 1 atom stereocenters. The van der Waals surface area contributed by atoms with Gasteiger partial charge in [-0.25, -0.2) is 0 Å². The van der Waals surface area contributed by atoms with Gasteiger partial charge in [0.1, 0.15) is 0 Å². The molecule has 4 heteroatoms. The molecule has 0 fully saturated rings. The van der Waals surface area contributed by atoms with Gasteiger partial charge in [0.05, 0.1) is 0 Å². The van der Waals surface area contributed by atoms with Gasteiger partial charge in [0, 0.05) is 16.1 Å². The van der Waals surface area contributed by atoms with Crippen LogP contribution in [0.25, 0.3) is 0 Å². The topological polar surface area (TPSA) is 38.0 Å². The van der Waals surface area contributed by atoms with Crippen LogP contribution in [0.15, 0.2) is 42.5 Å². The van der Waals surface area contributed by atoms with Crippen LogP contribution < -0.4 is 11.3 Å². The van der Waals surface area contributed by atoms with Crippen molar-refractivity contribution in [2.24, 2.45) is 5.84 Å². The van der Waals surface area contributed by atoms with Gasteiger partial charge in [-0.2, -0.15) is 0 Å². The molecule has 112 valence electrons. The van der Waals surface area contributed by atoms with Crippen molar-refractivity contribution in [2.45, 2.75) is 32.2 Å². The number of nitrogens with two attached hydrogens (primary N) is 1. The lowest BCUT2D eigenvalue weighted by Crippen LogP contribution is -2.37. The number of nitrogens with one attached hydrogen (secondary N) is 1. The van der Waals surface area contributed by atoms with Crippen LogP contribution in [0, 0.1) is 6.92 Å². The molecule has 0 aromatic heterocycles. The third-order valence-corrected chi connectivity index (χ3v) is 4.21. The summed E-state index contributed by atoms with van der Waals surface area (Å²) >= 11 is 12.1. The molecule has 0 bridgehead atoms. The van der Waals surface area contributed by atoms with E-state index in [0.29, 0.717) is 10.0 Å². The van der Waals surface area contributed by atoms with Gasteiger partial charge in [0.2, 0.25) is 0 Å². The smallest absolute Gasteiger partial charge is 0.0453 e. The number of halogens is 2. The highest BCUT2D eigenvalue weighted by molar-refractivity contribution is 6.35. The van der Waals surface area contributed by atoms with Crippen molar-refractivity contribution in [3.8, 4) is 0 Å². The molecule has 2 aromatic rings. The molecule has 0 radical (unpaired) electrons. The first-order valence-electron chi connectivity index (χ1n) is 7.04. The van der Waals surface area contributed by atoms with E-state index in [1.807, 2.05) is 12.1 Å². The monoisotopic (exact) mass is 322 g/mol. The molecule has 0 aliphatic heterocycles. The summed E-state index contributed by atoms with van der Waals surface area (Å²) in [4.78, 5) is 0. The van der Waals surface area contributed by atoms with Crippen LogP contribution in [-0.4, -0.2) is 6.04 Å². The molecule has 0 aliphatic carbocycles. The fourth-order valence-corrected chi connectivity index (χ4v) is 2.78. The van der Waals surface area contributed by atoms with Gasteiger partial charge in [-0.15, -0.1) is 0 Å². The first-order valence-corrected chi connectivity index (χ1v) is 7.79. The maximum atomic E-state index is 6.21. The van der Waals surface area contributed by atoms with Crippen LogP contribution in [0.5, 0.6) is 0 Å². The van der Waals surface area contributed by atoms with Crippen molar-refractivity contribution in [1.29, 1.82) is 0 Å². The summed E-state index contributed by atoms with van der Waals surface area (Å²) in [5.74, 6) is 5.67. The lowest BCUT2D eigenvalue weighted by atomic mass is 9.99. The minimum absolute atomic E-state index is 0.185. The molecule has 0 spiro atoms. The van der Waals surface area contributed by atoms with E-state index in [2.05, 4.69) is 36.6 Å². The maximum Gasteiger partial charge on any atom is 0.0453 e. The minimum atomic E-state index is 0.185. The Morgan fingerprint density at radius 3 is 2.43 bits per heavy atom. The third kappa shape index (κ3) is 5.01. The minimum Gasteiger partial charge on any atom is -0.271 e. The largest absolute Gasteiger partial charge is 0.271 e. The summed E-state index contributed by atoms with van der Waals surface area (Å²) in [6, 6.07) is 14.4. The average molecular weight is 323 g/mol. The van der Waals surface area contributed by atoms with Gasteiger partial charge in [-0.05, 0) is 49.4 Å².